The van der Waals surface area contributed by atoms with Gasteiger partial charge in [-0.2, -0.15) is 4.89 Å². The second-order valence-electron chi connectivity index (χ2n) is 2.64. The Kier molecular flexibility index (Phi) is 1.80. The third kappa shape index (κ3) is 1.19. The molecule has 12 heavy (non-hydrogen) atoms. The van der Waals surface area contributed by atoms with E-state index in [9.17, 15) is 4.79 Å². The van der Waals surface area contributed by atoms with E-state index >= 15 is 0 Å². The summed E-state index contributed by atoms with van der Waals surface area (Å²) in [6, 6.07) is 5.28. The molecule has 3 nitrogen and oxygen atoms in total. The van der Waals surface area contributed by atoms with Crippen LogP contribution in [0, 0.1) is 0 Å². The average Bonchev–Trinajstić information content (AvgIpc) is 2.17. The van der Waals surface area contributed by atoms with E-state index in [2.05, 4.69) is 0 Å². The summed E-state index contributed by atoms with van der Waals surface area (Å²) >= 11 is 0. The van der Waals surface area contributed by atoms with Crippen LogP contribution in [0.1, 0.15) is 15.9 Å². The molecule has 0 saturated carbocycles. The average molecular weight is 164 g/mol. The van der Waals surface area contributed by atoms with E-state index in [0.29, 0.717) is 17.9 Å². The summed E-state index contributed by atoms with van der Waals surface area (Å²) in [6.45, 7) is 0.551. The number of hydrogen-bond acceptors (Lipinski definition) is 3. The molecule has 62 valence electrons. The van der Waals surface area contributed by atoms with E-state index in [1.54, 1.807) is 12.1 Å². The van der Waals surface area contributed by atoms with Crippen LogP contribution in [-0.4, -0.2) is 12.9 Å². The van der Waals surface area contributed by atoms with Gasteiger partial charge in [-0.15, -0.1) is 0 Å². The minimum Gasteiger partial charge on any atom is -0.337 e. The lowest BCUT2D eigenvalue weighted by Crippen LogP contribution is -2.10. The highest BCUT2D eigenvalue weighted by Crippen LogP contribution is 2.23. The highest BCUT2D eigenvalue weighted by molar-refractivity contribution is 5.75. The van der Waals surface area contributed by atoms with Crippen LogP contribution in [0.5, 0.6) is 5.75 Å². The largest absolute Gasteiger partial charge is 0.337 e. The molecule has 0 saturated heterocycles. The van der Waals surface area contributed by atoms with Gasteiger partial charge in [-0.25, -0.2) is 0 Å². The summed E-state index contributed by atoms with van der Waals surface area (Å²) in [4.78, 5) is 20.1. The molecule has 1 aromatic carbocycles. The van der Waals surface area contributed by atoms with Gasteiger partial charge in [-0.3, -0.25) is 4.79 Å². The Morgan fingerprint density at radius 3 is 3.17 bits per heavy atom. The van der Waals surface area contributed by atoms with Crippen LogP contribution in [0.4, 0.5) is 0 Å². The first kappa shape index (κ1) is 7.31. The van der Waals surface area contributed by atoms with Gasteiger partial charge in [-0.05, 0) is 18.2 Å². The summed E-state index contributed by atoms with van der Waals surface area (Å²) < 4.78 is 0. The first-order valence-corrected chi connectivity index (χ1v) is 3.78. The second kappa shape index (κ2) is 2.95. The Morgan fingerprint density at radius 2 is 2.33 bits per heavy atom. The van der Waals surface area contributed by atoms with Gasteiger partial charge in [0.15, 0.2) is 5.75 Å². The molecular weight excluding hydrogens is 156 g/mol. The maximum absolute atomic E-state index is 10.4. The molecule has 3 heteroatoms. The molecule has 0 atom stereocenters. The van der Waals surface area contributed by atoms with Crippen molar-refractivity contribution in [2.45, 2.75) is 6.42 Å². The van der Waals surface area contributed by atoms with E-state index in [4.69, 9.17) is 9.78 Å². The molecule has 2 rings (SSSR count). The van der Waals surface area contributed by atoms with Crippen LogP contribution < -0.4 is 4.89 Å². The van der Waals surface area contributed by atoms with Gasteiger partial charge >= 0.3 is 0 Å². The summed E-state index contributed by atoms with van der Waals surface area (Å²) in [5.74, 6) is 0.715. The monoisotopic (exact) mass is 164 g/mol. The zero-order chi connectivity index (χ0) is 8.39. The van der Waals surface area contributed by atoms with Crippen molar-refractivity contribution >= 4 is 6.29 Å². The summed E-state index contributed by atoms with van der Waals surface area (Å²) in [7, 11) is 0. The molecule has 0 fully saturated rings. The van der Waals surface area contributed by atoms with Crippen molar-refractivity contribution in [3.63, 3.8) is 0 Å². The third-order valence-electron chi connectivity index (χ3n) is 1.82. The highest BCUT2D eigenvalue weighted by atomic mass is 17.2. The number of carbonyl (C=O) groups is 1. The number of aldehydes is 1. The van der Waals surface area contributed by atoms with Gasteiger partial charge in [0.2, 0.25) is 0 Å². The van der Waals surface area contributed by atoms with E-state index in [1.165, 1.54) is 0 Å². The van der Waals surface area contributed by atoms with E-state index < -0.39 is 0 Å². The smallest absolute Gasteiger partial charge is 0.168 e. The van der Waals surface area contributed by atoms with Crippen LogP contribution in [0.15, 0.2) is 18.2 Å². The SMILES string of the molecule is O=Cc1ccc2c(c1)CCOO2. The molecule has 1 heterocycles. The van der Waals surface area contributed by atoms with Gasteiger partial charge in [0.1, 0.15) is 6.29 Å². The zero-order valence-corrected chi connectivity index (χ0v) is 6.45. The lowest BCUT2D eigenvalue weighted by atomic mass is 10.1. The molecule has 0 spiro atoms. The maximum Gasteiger partial charge on any atom is 0.168 e. The van der Waals surface area contributed by atoms with Gasteiger partial charge in [-0.1, -0.05) is 0 Å². The van der Waals surface area contributed by atoms with E-state index in [1.807, 2.05) is 6.07 Å². The number of rotatable bonds is 1. The van der Waals surface area contributed by atoms with Crippen molar-refractivity contribution in [1.29, 1.82) is 0 Å². The van der Waals surface area contributed by atoms with Crippen LogP contribution in [-0.2, 0) is 11.3 Å². The third-order valence-corrected chi connectivity index (χ3v) is 1.82. The normalized spacial score (nSPS) is 14.7. The van der Waals surface area contributed by atoms with Gasteiger partial charge in [0, 0.05) is 17.5 Å². The zero-order valence-electron chi connectivity index (χ0n) is 6.45. The first-order chi connectivity index (χ1) is 5.90. The standard InChI is InChI=1S/C9H8O3/c10-6-7-1-2-9-8(5-7)3-4-11-12-9/h1-2,5-6H,3-4H2. The molecule has 0 amide bonds. The summed E-state index contributed by atoms with van der Waals surface area (Å²) in [5.41, 5.74) is 1.71. The first-order valence-electron chi connectivity index (χ1n) is 3.78. The van der Waals surface area contributed by atoms with Crippen LogP contribution in [0.2, 0.25) is 0 Å². The minimum absolute atomic E-state index is 0.551. The second-order valence-corrected chi connectivity index (χ2v) is 2.64. The maximum atomic E-state index is 10.4. The summed E-state index contributed by atoms with van der Waals surface area (Å²) in [6.07, 6.45) is 1.63. The Hall–Kier alpha value is -1.35. The Labute approximate surface area is 69.8 Å². The molecular formula is C9H8O3. The van der Waals surface area contributed by atoms with Crippen LogP contribution in [0.25, 0.3) is 0 Å². The topological polar surface area (TPSA) is 35.5 Å². The molecule has 1 aromatic rings. The molecule has 1 aliphatic rings. The predicted molar refractivity (Wildman–Crippen MR) is 42.1 cm³/mol. The van der Waals surface area contributed by atoms with Crippen molar-refractivity contribution in [1.82, 2.24) is 0 Å². The van der Waals surface area contributed by atoms with Crippen molar-refractivity contribution in [2.75, 3.05) is 6.61 Å². The molecule has 0 unspecified atom stereocenters. The number of fused-ring (bicyclic) bond motifs is 1. The van der Waals surface area contributed by atoms with Gasteiger partial charge < -0.3 is 4.89 Å². The van der Waals surface area contributed by atoms with Crippen molar-refractivity contribution in [3.8, 4) is 5.75 Å². The lowest BCUT2D eigenvalue weighted by Gasteiger charge is -2.14. The van der Waals surface area contributed by atoms with Crippen molar-refractivity contribution < 1.29 is 14.6 Å². The molecule has 0 bridgehead atoms. The molecule has 0 aromatic heterocycles. The fourth-order valence-corrected chi connectivity index (χ4v) is 1.21. The van der Waals surface area contributed by atoms with Gasteiger partial charge in [0.05, 0.1) is 6.61 Å². The fourth-order valence-electron chi connectivity index (χ4n) is 1.21. The Balaban J connectivity index is 2.42. The Morgan fingerprint density at radius 1 is 1.42 bits per heavy atom. The number of benzene rings is 1. The Bertz CT molecular complexity index is 307. The van der Waals surface area contributed by atoms with E-state index in [-0.39, 0.29) is 0 Å². The van der Waals surface area contributed by atoms with Gasteiger partial charge in [0.25, 0.3) is 0 Å². The molecule has 0 aliphatic carbocycles. The van der Waals surface area contributed by atoms with E-state index in [0.717, 1.165) is 18.3 Å². The quantitative estimate of drug-likeness (QED) is 0.464. The van der Waals surface area contributed by atoms with Crippen molar-refractivity contribution in [2.24, 2.45) is 0 Å². The van der Waals surface area contributed by atoms with Crippen molar-refractivity contribution in [3.05, 3.63) is 29.3 Å². The molecule has 0 N–H and O–H groups in total. The fraction of sp³-hybridized carbons (Fsp3) is 0.222. The lowest BCUT2D eigenvalue weighted by molar-refractivity contribution is -0.215. The summed E-state index contributed by atoms with van der Waals surface area (Å²) in [5, 5.41) is 0. The predicted octanol–water partition coefficient (Wildman–Crippen LogP) is 1.37. The van der Waals surface area contributed by atoms with Crippen LogP contribution >= 0.6 is 0 Å². The number of carbonyl (C=O) groups excluding carboxylic acids is 1. The molecule has 1 aliphatic heterocycles. The minimum atomic E-state index is 0.551. The van der Waals surface area contributed by atoms with Crippen LogP contribution in [0.3, 0.4) is 0 Å². The molecule has 0 radical (unpaired) electrons. The number of hydrogen-bond donors (Lipinski definition) is 0. The highest BCUT2D eigenvalue weighted by Gasteiger charge is 2.11.